The molecule has 1 N–H and O–H groups in total. The van der Waals surface area contributed by atoms with E-state index in [0.717, 1.165) is 23.3 Å². The second-order valence-electron chi connectivity index (χ2n) is 4.30. The first-order valence-corrected chi connectivity index (χ1v) is 5.82. The number of hydrogen-bond donors (Lipinski definition) is 1. The second kappa shape index (κ2) is 5.18. The van der Waals surface area contributed by atoms with Crippen molar-refractivity contribution in [2.75, 3.05) is 5.32 Å². The summed E-state index contributed by atoms with van der Waals surface area (Å²) in [4.78, 5) is 12.0. The fourth-order valence-electron chi connectivity index (χ4n) is 1.80. The predicted octanol–water partition coefficient (Wildman–Crippen LogP) is 3.83. The molecule has 0 heterocycles. The van der Waals surface area contributed by atoms with Crippen molar-refractivity contribution < 1.29 is 13.6 Å². The van der Waals surface area contributed by atoms with Crippen molar-refractivity contribution in [2.24, 2.45) is 0 Å². The van der Waals surface area contributed by atoms with Crippen LogP contribution in [0.25, 0.3) is 0 Å². The maximum Gasteiger partial charge on any atom is 0.256 e. The van der Waals surface area contributed by atoms with E-state index in [1.807, 2.05) is 13.0 Å². The zero-order chi connectivity index (χ0) is 14.0. The Labute approximate surface area is 110 Å². The second-order valence-corrected chi connectivity index (χ2v) is 4.30. The van der Waals surface area contributed by atoms with Crippen LogP contribution >= 0.6 is 0 Å². The Morgan fingerprint density at radius 2 is 1.58 bits per heavy atom. The molecule has 0 fully saturated rings. The van der Waals surface area contributed by atoms with E-state index < -0.39 is 23.2 Å². The molecule has 0 saturated carbocycles. The van der Waals surface area contributed by atoms with E-state index in [4.69, 9.17) is 0 Å². The Hall–Kier alpha value is -2.23. The molecule has 0 bridgehead atoms. The minimum atomic E-state index is -0.793. The van der Waals surface area contributed by atoms with Crippen LogP contribution in [0.3, 0.4) is 0 Å². The Morgan fingerprint density at radius 3 is 2.21 bits per heavy atom. The quantitative estimate of drug-likeness (QED) is 0.874. The molecule has 0 unspecified atom stereocenters. The Morgan fingerprint density at radius 1 is 1.00 bits per heavy atom. The lowest BCUT2D eigenvalue weighted by Gasteiger charge is -2.10. The monoisotopic (exact) mass is 261 g/mol. The van der Waals surface area contributed by atoms with E-state index in [2.05, 4.69) is 5.32 Å². The summed E-state index contributed by atoms with van der Waals surface area (Å²) in [5, 5.41) is 2.27. The van der Waals surface area contributed by atoms with Gasteiger partial charge in [-0.3, -0.25) is 4.79 Å². The van der Waals surface area contributed by atoms with Crippen LogP contribution in [0.5, 0.6) is 0 Å². The molecule has 19 heavy (non-hydrogen) atoms. The number of para-hydroxylation sites is 1. The molecule has 0 aliphatic carbocycles. The van der Waals surface area contributed by atoms with E-state index in [1.54, 1.807) is 19.1 Å². The van der Waals surface area contributed by atoms with E-state index >= 15 is 0 Å². The number of halogens is 2. The molecule has 0 aliphatic rings. The van der Waals surface area contributed by atoms with Gasteiger partial charge in [-0.05, 0) is 43.2 Å². The summed E-state index contributed by atoms with van der Waals surface area (Å²) in [5.74, 6) is -2.11. The summed E-state index contributed by atoms with van der Waals surface area (Å²) in [7, 11) is 0. The largest absolute Gasteiger partial charge is 0.317 e. The van der Waals surface area contributed by atoms with Crippen molar-refractivity contribution in [1.29, 1.82) is 0 Å². The average Bonchev–Trinajstić information content (AvgIpc) is 2.37. The maximum absolute atomic E-state index is 13.5. The van der Waals surface area contributed by atoms with Gasteiger partial charge in [-0.15, -0.1) is 0 Å². The fraction of sp³-hybridized carbons (Fsp3) is 0.133. The molecule has 0 saturated heterocycles. The van der Waals surface area contributed by atoms with Crippen LogP contribution in [0.1, 0.15) is 21.5 Å². The Balaban J connectivity index is 2.34. The van der Waals surface area contributed by atoms with E-state index in [-0.39, 0.29) is 0 Å². The zero-order valence-corrected chi connectivity index (χ0v) is 10.6. The molecular weight excluding hydrogens is 248 g/mol. The summed E-state index contributed by atoms with van der Waals surface area (Å²) in [6, 6.07) is 8.67. The topological polar surface area (TPSA) is 29.1 Å². The van der Waals surface area contributed by atoms with Gasteiger partial charge in [0.25, 0.3) is 5.91 Å². The molecule has 0 spiro atoms. The number of carbonyl (C=O) groups is 1. The lowest BCUT2D eigenvalue weighted by molar-refractivity contribution is 0.102. The van der Waals surface area contributed by atoms with Gasteiger partial charge in [-0.25, -0.2) is 8.78 Å². The first-order chi connectivity index (χ1) is 9.00. The van der Waals surface area contributed by atoms with Crippen LogP contribution in [0, 0.1) is 25.5 Å². The minimum absolute atomic E-state index is 0.405. The van der Waals surface area contributed by atoms with Gasteiger partial charge in [0.2, 0.25) is 0 Å². The van der Waals surface area contributed by atoms with Gasteiger partial charge in [0.05, 0.1) is 0 Å². The number of benzene rings is 2. The standard InChI is InChI=1S/C15H13F2NO/c1-9-5-3-6-11(10(9)2)15(19)18-14-12(16)7-4-8-13(14)17/h3-8H,1-2H3,(H,18,19). The van der Waals surface area contributed by atoms with Crippen LogP contribution in [0.4, 0.5) is 14.5 Å². The first-order valence-electron chi connectivity index (χ1n) is 5.82. The Kier molecular flexibility index (Phi) is 3.60. The molecule has 0 radical (unpaired) electrons. The molecule has 0 atom stereocenters. The first kappa shape index (κ1) is 13.2. The number of carbonyl (C=O) groups excluding carboxylic acids is 1. The molecular formula is C15H13F2NO. The summed E-state index contributed by atoms with van der Waals surface area (Å²) in [5.41, 5.74) is 1.72. The van der Waals surface area contributed by atoms with Crippen LogP contribution < -0.4 is 5.32 Å². The molecule has 2 rings (SSSR count). The van der Waals surface area contributed by atoms with E-state index in [1.165, 1.54) is 6.07 Å². The van der Waals surface area contributed by atoms with Gasteiger partial charge < -0.3 is 5.32 Å². The molecule has 2 aromatic rings. The summed E-state index contributed by atoms with van der Waals surface area (Å²) in [6.45, 7) is 3.66. The molecule has 1 amide bonds. The number of nitrogens with one attached hydrogen (secondary N) is 1. The van der Waals surface area contributed by atoms with Gasteiger partial charge in [-0.1, -0.05) is 18.2 Å². The van der Waals surface area contributed by atoms with Crippen molar-refractivity contribution in [2.45, 2.75) is 13.8 Å². The highest BCUT2D eigenvalue weighted by Crippen LogP contribution is 2.20. The Bertz CT molecular complexity index is 618. The van der Waals surface area contributed by atoms with Gasteiger partial charge in [0.1, 0.15) is 17.3 Å². The van der Waals surface area contributed by atoms with Gasteiger partial charge in [-0.2, -0.15) is 0 Å². The number of amides is 1. The molecule has 2 aromatic carbocycles. The highest BCUT2D eigenvalue weighted by Gasteiger charge is 2.15. The molecule has 4 heteroatoms. The van der Waals surface area contributed by atoms with Crippen LogP contribution in [-0.4, -0.2) is 5.91 Å². The smallest absolute Gasteiger partial charge is 0.256 e. The van der Waals surface area contributed by atoms with Gasteiger partial charge >= 0.3 is 0 Å². The maximum atomic E-state index is 13.5. The van der Waals surface area contributed by atoms with Crippen molar-refractivity contribution in [3.05, 3.63) is 64.7 Å². The highest BCUT2D eigenvalue weighted by molar-refractivity contribution is 6.05. The third kappa shape index (κ3) is 2.62. The van der Waals surface area contributed by atoms with E-state index in [9.17, 15) is 13.6 Å². The van der Waals surface area contributed by atoms with Crippen LogP contribution in [0.15, 0.2) is 36.4 Å². The summed E-state index contributed by atoms with van der Waals surface area (Å²) < 4.78 is 26.9. The number of anilines is 1. The highest BCUT2D eigenvalue weighted by atomic mass is 19.1. The lowest BCUT2D eigenvalue weighted by Crippen LogP contribution is -2.16. The van der Waals surface area contributed by atoms with Crippen LogP contribution in [-0.2, 0) is 0 Å². The SMILES string of the molecule is Cc1cccc(C(=O)Nc2c(F)cccc2F)c1C. The predicted molar refractivity (Wildman–Crippen MR) is 70.2 cm³/mol. The molecule has 0 aromatic heterocycles. The van der Waals surface area contributed by atoms with Crippen molar-refractivity contribution >= 4 is 11.6 Å². The minimum Gasteiger partial charge on any atom is -0.317 e. The third-order valence-electron chi connectivity index (χ3n) is 3.05. The third-order valence-corrected chi connectivity index (χ3v) is 3.05. The van der Waals surface area contributed by atoms with Crippen molar-refractivity contribution in [3.8, 4) is 0 Å². The normalized spacial score (nSPS) is 10.3. The average molecular weight is 261 g/mol. The fourth-order valence-corrected chi connectivity index (χ4v) is 1.80. The number of hydrogen-bond acceptors (Lipinski definition) is 1. The van der Waals surface area contributed by atoms with E-state index in [0.29, 0.717) is 5.56 Å². The van der Waals surface area contributed by atoms with Crippen molar-refractivity contribution in [3.63, 3.8) is 0 Å². The zero-order valence-electron chi connectivity index (χ0n) is 10.6. The number of aryl methyl sites for hydroxylation is 1. The summed E-state index contributed by atoms with van der Waals surface area (Å²) in [6.07, 6.45) is 0. The van der Waals surface area contributed by atoms with Crippen molar-refractivity contribution in [1.82, 2.24) is 0 Å². The van der Waals surface area contributed by atoms with Crippen LogP contribution in [0.2, 0.25) is 0 Å². The summed E-state index contributed by atoms with van der Waals surface area (Å²) >= 11 is 0. The molecule has 2 nitrogen and oxygen atoms in total. The molecule has 98 valence electrons. The van der Waals surface area contributed by atoms with Gasteiger partial charge in [0.15, 0.2) is 0 Å². The number of rotatable bonds is 2. The lowest BCUT2D eigenvalue weighted by atomic mass is 10.0. The molecule has 0 aliphatic heterocycles. The van der Waals surface area contributed by atoms with Gasteiger partial charge in [0, 0.05) is 5.56 Å².